The Bertz CT molecular complexity index is 331. The zero-order chi connectivity index (χ0) is 15.1. The Labute approximate surface area is 122 Å². The lowest BCUT2D eigenvalue weighted by atomic mass is 9.86. The summed E-state index contributed by atoms with van der Waals surface area (Å²) in [6.07, 6.45) is 4.69. The van der Waals surface area contributed by atoms with E-state index in [1.54, 1.807) is 0 Å². The number of carbonyl (C=O) groups is 2. The summed E-state index contributed by atoms with van der Waals surface area (Å²) in [5.41, 5.74) is 0. The average Bonchev–Trinajstić information content (AvgIpc) is 2.40. The molecule has 1 N–H and O–H groups in total. The number of ether oxygens (including phenoxy) is 1. The lowest BCUT2D eigenvalue weighted by molar-refractivity contribution is -0.142. The van der Waals surface area contributed by atoms with Crippen LogP contribution in [0.15, 0.2) is 0 Å². The summed E-state index contributed by atoms with van der Waals surface area (Å²) < 4.78 is 4.67. The molecule has 0 saturated heterocycles. The molecule has 0 radical (unpaired) electrons. The SMILES string of the molecule is COC(=O)CN(CC(=O)NC1CCCCC1C)C(C)C. The summed E-state index contributed by atoms with van der Waals surface area (Å²) in [6.45, 7) is 6.54. The average molecular weight is 284 g/mol. The lowest BCUT2D eigenvalue weighted by Gasteiger charge is -2.31. The van der Waals surface area contributed by atoms with Crippen molar-refractivity contribution in [3.8, 4) is 0 Å². The predicted molar refractivity (Wildman–Crippen MR) is 78.3 cm³/mol. The molecule has 20 heavy (non-hydrogen) atoms. The molecule has 1 rings (SSSR count). The molecule has 0 bridgehead atoms. The van der Waals surface area contributed by atoms with Gasteiger partial charge in [0.15, 0.2) is 0 Å². The fourth-order valence-electron chi connectivity index (χ4n) is 2.62. The van der Waals surface area contributed by atoms with Crippen molar-refractivity contribution in [2.45, 2.75) is 58.5 Å². The van der Waals surface area contributed by atoms with Crippen molar-refractivity contribution in [3.05, 3.63) is 0 Å². The minimum atomic E-state index is -0.308. The molecule has 1 aliphatic carbocycles. The lowest BCUT2D eigenvalue weighted by Crippen LogP contribution is -2.48. The first-order valence-corrected chi connectivity index (χ1v) is 7.54. The maximum absolute atomic E-state index is 12.1. The van der Waals surface area contributed by atoms with Crippen molar-refractivity contribution in [2.24, 2.45) is 5.92 Å². The smallest absolute Gasteiger partial charge is 0.319 e. The van der Waals surface area contributed by atoms with Gasteiger partial charge in [0.25, 0.3) is 0 Å². The highest BCUT2D eigenvalue weighted by Crippen LogP contribution is 2.23. The van der Waals surface area contributed by atoms with Crippen molar-refractivity contribution in [1.29, 1.82) is 0 Å². The van der Waals surface area contributed by atoms with Crippen molar-refractivity contribution in [3.63, 3.8) is 0 Å². The summed E-state index contributed by atoms with van der Waals surface area (Å²) in [5, 5.41) is 3.11. The second kappa shape index (κ2) is 8.25. The van der Waals surface area contributed by atoms with E-state index in [9.17, 15) is 9.59 Å². The van der Waals surface area contributed by atoms with Crippen LogP contribution in [-0.2, 0) is 14.3 Å². The molecular weight excluding hydrogens is 256 g/mol. The molecule has 1 fully saturated rings. The maximum atomic E-state index is 12.1. The molecule has 0 aromatic rings. The van der Waals surface area contributed by atoms with Crippen LogP contribution in [0.2, 0.25) is 0 Å². The highest BCUT2D eigenvalue weighted by molar-refractivity contribution is 5.79. The number of methoxy groups -OCH3 is 1. The number of esters is 1. The first-order chi connectivity index (χ1) is 9.43. The molecular formula is C15H28N2O3. The van der Waals surface area contributed by atoms with Crippen LogP contribution in [0.3, 0.4) is 0 Å². The van der Waals surface area contributed by atoms with Crippen molar-refractivity contribution in [2.75, 3.05) is 20.2 Å². The van der Waals surface area contributed by atoms with E-state index in [1.165, 1.54) is 26.4 Å². The monoisotopic (exact) mass is 284 g/mol. The Morgan fingerprint density at radius 2 is 1.90 bits per heavy atom. The highest BCUT2D eigenvalue weighted by Gasteiger charge is 2.24. The third-order valence-corrected chi connectivity index (χ3v) is 4.09. The van der Waals surface area contributed by atoms with E-state index >= 15 is 0 Å². The van der Waals surface area contributed by atoms with Crippen LogP contribution in [0.5, 0.6) is 0 Å². The van der Waals surface area contributed by atoms with E-state index in [2.05, 4.69) is 17.0 Å². The van der Waals surface area contributed by atoms with E-state index in [1.807, 2.05) is 18.7 Å². The second-order valence-corrected chi connectivity index (χ2v) is 6.01. The van der Waals surface area contributed by atoms with Crippen LogP contribution >= 0.6 is 0 Å². The van der Waals surface area contributed by atoms with Gasteiger partial charge >= 0.3 is 5.97 Å². The van der Waals surface area contributed by atoms with Gasteiger partial charge in [0.1, 0.15) is 0 Å². The Balaban J connectivity index is 2.46. The van der Waals surface area contributed by atoms with Gasteiger partial charge in [0.05, 0.1) is 20.2 Å². The van der Waals surface area contributed by atoms with E-state index in [0.29, 0.717) is 5.92 Å². The highest BCUT2D eigenvalue weighted by atomic mass is 16.5. The van der Waals surface area contributed by atoms with Crippen LogP contribution < -0.4 is 5.32 Å². The summed E-state index contributed by atoms with van der Waals surface area (Å²) in [4.78, 5) is 25.3. The molecule has 1 saturated carbocycles. The molecule has 5 heteroatoms. The van der Waals surface area contributed by atoms with Gasteiger partial charge in [-0.2, -0.15) is 0 Å². The van der Waals surface area contributed by atoms with E-state index in [4.69, 9.17) is 0 Å². The van der Waals surface area contributed by atoms with Crippen molar-refractivity contribution in [1.82, 2.24) is 10.2 Å². The number of carbonyl (C=O) groups excluding carboxylic acids is 2. The van der Waals surface area contributed by atoms with Crippen LogP contribution in [0.25, 0.3) is 0 Å². The molecule has 2 unspecified atom stereocenters. The molecule has 2 atom stereocenters. The zero-order valence-corrected chi connectivity index (χ0v) is 13.1. The maximum Gasteiger partial charge on any atom is 0.319 e. The molecule has 0 aromatic carbocycles. The van der Waals surface area contributed by atoms with Crippen LogP contribution in [0.4, 0.5) is 0 Å². The summed E-state index contributed by atoms with van der Waals surface area (Å²) in [7, 11) is 1.37. The molecule has 5 nitrogen and oxygen atoms in total. The van der Waals surface area contributed by atoms with E-state index in [0.717, 1.165) is 6.42 Å². The van der Waals surface area contributed by atoms with E-state index in [-0.39, 0.29) is 37.0 Å². The molecule has 1 aliphatic rings. The Kier molecular flexibility index (Phi) is 6.99. The number of nitrogens with zero attached hydrogens (tertiary/aromatic N) is 1. The number of amides is 1. The fraction of sp³-hybridized carbons (Fsp3) is 0.867. The summed E-state index contributed by atoms with van der Waals surface area (Å²) in [5.74, 6) is 0.236. The van der Waals surface area contributed by atoms with Gasteiger partial charge < -0.3 is 10.1 Å². The molecule has 0 aliphatic heterocycles. The number of rotatable bonds is 6. The minimum Gasteiger partial charge on any atom is -0.468 e. The van der Waals surface area contributed by atoms with E-state index < -0.39 is 0 Å². The largest absolute Gasteiger partial charge is 0.468 e. The van der Waals surface area contributed by atoms with Gasteiger partial charge in [0.2, 0.25) is 5.91 Å². The zero-order valence-electron chi connectivity index (χ0n) is 13.1. The summed E-state index contributed by atoms with van der Waals surface area (Å²) in [6, 6.07) is 0.409. The van der Waals surface area contributed by atoms with Crippen LogP contribution in [0, 0.1) is 5.92 Å². The Morgan fingerprint density at radius 3 is 2.45 bits per heavy atom. The van der Waals surface area contributed by atoms with Crippen LogP contribution in [0.1, 0.15) is 46.5 Å². The standard InChI is InChI=1S/C15H28N2O3/c1-11(2)17(10-15(19)20-4)9-14(18)16-13-8-6-5-7-12(13)3/h11-13H,5-10H2,1-4H3,(H,16,18). The third-order valence-electron chi connectivity index (χ3n) is 4.09. The molecule has 0 spiro atoms. The topological polar surface area (TPSA) is 58.6 Å². The van der Waals surface area contributed by atoms with Gasteiger partial charge in [-0.15, -0.1) is 0 Å². The molecule has 0 heterocycles. The first-order valence-electron chi connectivity index (χ1n) is 7.54. The van der Waals surface area contributed by atoms with Crippen LogP contribution in [-0.4, -0.2) is 49.1 Å². The van der Waals surface area contributed by atoms with Gasteiger partial charge in [-0.25, -0.2) is 0 Å². The normalized spacial score (nSPS) is 22.9. The number of nitrogens with one attached hydrogen (secondary N) is 1. The first kappa shape index (κ1) is 17.0. The summed E-state index contributed by atoms with van der Waals surface area (Å²) >= 11 is 0. The Morgan fingerprint density at radius 1 is 1.25 bits per heavy atom. The van der Waals surface area contributed by atoms with Gasteiger partial charge in [0, 0.05) is 12.1 Å². The second-order valence-electron chi connectivity index (χ2n) is 6.01. The third kappa shape index (κ3) is 5.49. The fourth-order valence-corrected chi connectivity index (χ4v) is 2.62. The predicted octanol–water partition coefficient (Wildman–Crippen LogP) is 1.56. The molecule has 116 valence electrons. The molecule has 1 amide bonds. The van der Waals surface area contributed by atoms with Crippen molar-refractivity contribution < 1.29 is 14.3 Å². The quantitative estimate of drug-likeness (QED) is 0.752. The minimum absolute atomic E-state index is 0.00125. The van der Waals surface area contributed by atoms with Gasteiger partial charge in [-0.3, -0.25) is 14.5 Å². The van der Waals surface area contributed by atoms with Gasteiger partial charge in [-0.1, -0.05) is 19.8 Å². The Hall–Kier alpha value is -1.10. The number of hydrogen-bond acceptors (Lipinski definition) is 4. The van der Waals surface area contributed by atoms with Crippen molar-refractivity contribution >= 4 is 11.9 Å². The number of hydrogen-bond donors (Lipinski definition) is 1. The van der Waals surface area contributed by atoms with Gasteiger partial charge in [-0.05, 0) is 32.6 Å². The molecule has 0 aromatic heterocycles.